The third kappa shape index (κ3) is 3.30. The van der Waals surface area contributed by atoms with E-state index < -0.39 is 27.5 Å². The van der Waals surface area contributed by atoms with Crippen molar-refractivity contribution in [3.63, 3.8) is 0 Å². The quantitative estimate of drug-likeness (QED) is 0.788. The van der Waals surface area contributed by atoms with Crippen LogP contribution in [0.4, 0.5) is 24.5 Å². The Balaban J connectivity index is 3.29. The highest BCUT2D eigenvalue weighted by Gasteiger charge is 2.34. The Hall–Kier alpha value is -1.44. The van der Waals surface area contributed by atoms with Gasteiger partial charge in [-0.05, 0) is 18.2 Å². The number of benzene rings is 1. The van der Waals surface area contributed by atoms with E-state index in [1.54, 1.807) is 4.72 Å². The number of anilines is 2. The highest BCUT2D eigenvalue weighted by atomic mass is 32.2. The van der Waals surface area contributed by atoms with Crippen LogP contribution in [0.2, 0.25) is 0 Å². The number of nitrogens with two attached hydrogens (primary N) is 1. The summed E-state index contributed by atoms with van der Waals surface area (Å²) in [5.74, 6) is 0. The molecule has 1 aromatic rings. The Morgan fingerprint density at radius 3 is 2.31 bits per heavy atom. The summed E-state index contributed by atoms with van der Waals surface area (Å²) in [4.78, 5) is 0. The largest absolute Gasteiger partial charge is 0.418 e. The van der Waals surface area contributed by atoms with Gasteiger partial charge in [0.25, 0.3) is 0 Å². The zero-order chi connectivity index (χ0) is 12.6. The van der Waals surface area contributed by atoms with Gasteiger partial charge in [0.2, 0.25) is 10.0 Å². The first kappa shape index (κ1) is 12.6. The molecule has 0 bridgehead atoms. The van der Waals surface area contributed by atoms with Gasteiger partial charge in [-0.15, -0.1) is 0 Å². The second-order valence-corrected chi connectivity index (χ2v) is 4.93. The van der Waals surface area contributed by atoms with E-state index in [4.69, 9.17) is 5.73 Å². The smallest absolute Gasteiger partial charge is 0.399 e. The van der Waals surface area contributed by atoms with Crippen LogP contribution in [-0.4, -0.2) is 14.7 Å². The molecule has 0 aliphatic carbocycles. The highest BCUT2D eigenvalue weighted by Crippen LogP contribution is 2.36. The molecule has 0 fully saturated rings. The number of sulfonamides is 1. The van der Waals surface area contributed by atoms with Gasteiger partial charge < -0.3 is 5.73 Å². The first-order chi connectivity index (χ1) is 7.09. The van der Waals surface area contributed by atoms with Crippen molar-refractivity contribution in [1.82, 2.24) is 0 Å². The summed E-state index contributed by atoms with van der Waals surface area (Å²) in [6.45, 7) is 0. The topological polar surface area (TPSA) is 72.2 Å². The lowest BCUT2D eigenvalue weighted by Gasteiger charge is -2.13. The predicted octanol–water partition coefficient (Wildman–Crippen LogP) is 1.66. The van der Waals surface area contributed by atoms with Crippen molar-refractivity contribution < 1.29 is 21.6 Å². The van der Waals surface area contributed by atoms with Crippen LogP contribution in [0.1, 0.15) is 5.56 Å². The maximum atomic E-state index is 12.5. The van der Waals surface area contributed by atoms with Gasteiger partial charge in [-0.3, -0.25) is 4.72 Å². The monoisotopic (exact) mass is 254 g/mol. The van der Waals surface area contributed by atoms with Gasteiger partial charge in [0, 0.05) is 5.69 Å². The number of nitrogens with one attached hydrogen (secondary N) is 1. The fourth-order valence-corrected chi connectivity index (χ4v) is 1.66. The van der Waals surface area contributed by atoms with Gasteiger partial charge in [0.1, 0.15) is 0 Å². The molecule has 8 heteroatoms. The molecule has 16 heavy (non-hydrogen) atoms. The van der Waals surface area contributed by atoms with Crippen molar-refractivity contribution in [3.8, 4) is 0 Å². The number of halogens is 3. The van der Waals surface area contributed by atoms with Crippen molar-refractivity contribution in [2.45, 2.75) is 6.18 Å². The lowest BCUT2D eigenvalue weighted by atomic mass is 10.1. The summed E-state index contributed by atoms with van der Waals surface area (Å²) >= 11 is 0. The number of rotatable bonds is 2. The molecule has 0 aliphatic heterocycles. The van der Waals surface area contributed by atoms with Crippen LogP contribution in [0.15, 0.2) is 18.2 Å². The zero-order valence-electron chi connectivity index (χ0n) is 8.17. The molecule has 0 saturated carbocycles. The van der Waals surface area contributed by atoms with E-state index in [9.17, 15) is 21.6 Å². The molecule has 0 radical (unpaired) electrons. The van der Waals surface area contributed by atoms with E-state index in [2.05, 4.69) is 0 Å². The fraction of sp³-hybridized carbons (Fsp3) is 0.250. The van der Waals surface area contributed by atoms with Crippen LogP contribution in [0, 0.1) is 0 Å². The van der Waals surface area contributed by atoms with Crippen molar-refractivity contribution >= 4 is 21.4 Å². The zero-order valence-corrected chi connectivity index (χ0v) is 8.98. The van der Waals surface area contributed by atoms with E-state index >= 15 is 0 Å². The maximum absolute atomic E-state index is 12.5. The lowest BCUT2D eigenvalue weighted by molar-refractivity contribution is -0.136. The normalized spacial score (nSPS) is 12.5. The number of alkyl halides is 3. The summed E-state index contributed by atoms with van der Waals surface area (Å²) in [5.41, 5.74) is 3.47. The molecule has 90 valence electrons. The molecule has 0 amide bonds. The predicted molar refractivity (Wildman–Crippen MR) is 54.3 cm³/mol. The SMILES string of the molecule is CS(=O)(=O)Nc1ccc(N)cc1C(F)(F)F. The summed E-state index contributed by atoms with van der Waals surface area (Å²) < 4.78 is 61.0. The first-order valence-electron chi connectivity index (χ1n) is 4.04. The third-order valence-electron chi connectivity index (χ3n) is 1.64. The van der Waals surface area contributed by atoms with Crippen LogP contribution >= 0.6 is 0 Å². The number of hydrogen-bond donors (Lipinski definition) is 2. The van der Waals surface area contributed by atoms with Gasteiger partial charge in [-0.25, -0.2) is 8.42 Å². The number of nitrogen functional groups attached to an aromatic ring is 1. The molecule has 0 unspecified atom stereocenters. The van der Waals surface area contributed by atoms with E-state index in [0.29, 0.717) is 6.07 Å². The summed E-state index contributed by atoms with van der Waals surface area (Å²) in [7, 11) is -3.76. The average molecular weight is 254 g/mol. The Morgan fingerprint density at radius 2 is 1.88 bits per heavy atom. The molecule has 3 N–H and O–H groups in total. The number of hydrogen-bond acceptors (Lipinski definition) is 3. The molecule has 4 nitrogen and oxygen atoms in total. The standard InChI is InChI=1S/C8H9F3N2O2S/c1-16(14,15)13-7-3-2-5(12)4-6(7)8(9,10)11/h2-4,13H,12H2,1H3. The molecule has 0 saturated heterocycles. The highest BCUT2D eigenvalue weighted by molar-refractivity contribution is 7.92. The van der Waals surface area contributed by atoms with Gasteiger partial charge in [-0.1, -0.05) is 0 Å². The van der Waals surface area contributed by atoms with Crippen LogP contribution in [0.5, 0.6) is 0 Å². The van der Waals surface area contributed by atoms with E-state index in [-0.39, 0.29) is 5.69 Å². The summed E-state index contributed by atoms with van der Waals surface area (Å²) in [6.07, 6.45) is -3.90. The second kappa shape index (κ2) is 3.85. The third-order valence-corrected chi connectivity index (χ3v) is 2.24. The fourth-order valence-electron chi connectivity index (χ4n) is 1.09. The van der Waals surface area contributed by atoms with Crippen molar-refractivity contribution in [2.75, 3.05) is 16.7 Å². The Morgan fingerprint density at radius 1 is 1.31 bits per heavy atom. The molecule has 1 rings (SSSR count). The van der Waals surface area contributed by atoms with Crippen molar-refractivity contribution in [1.29, 1.82) is 0 Å². The minimum atomic E-state index is -4.66. The first-order valence-corrected chi connectivity index (χ1v) is 5.93. The molecular weight excluding hydrogens is 245 g/mol. The van der Waals surface area contributed by atoms with Gasteiger partial charge in [0.05, 0.1) is 17.5 Å². The van der Waals surface area contributed by atoms with Crippen molar-refractivity contribution in [3.05, 3.63) is 23.8 Å². The van der Waals surface area contributed by atoms with Crippen LogP contribution in [0.25, 0.3) is 0 Å². The van der Waals surface area contributed by atoms with Crippen LogP contribution < -0.4 is 10.5 Å². The van der Waals surface area contributed by atoms with E-state index in [1.807, 2.05) is 0 Å². The van der Waals surface area contributed by atoms with Gasteiger partial charge in [0.15, 0.2) is 0 Å². The van der Waals surface area contributed by atoms with Crippen LogP contribution in [-0.2, 0) is 16.2 Å². The molecule has 0 atom stereocenters. The molecule has 0 aliphatic rings. The van der Waals surface area contributed by atoms with Crippen LogP contribution in [0.3, 0.4) is 0 Å². The second-order valence-electron chi connectivity index (χ2n) is 3.18. The minimum Gasteiger partial charge on any atom is -0.399 e. The van der Waals surface area contributed by atoms with Gasteiger partial charge in [-0.2, -0.15) is 13.2 Å². The maximum Gasteiger partial charge on any atom is 0.418 e. The Bertz CT molecular complexity index is 496. The average Bonchev–Trinajstić information content (AvgIpc) is 2.04. The molecule has 0 aromatic heterocycles. The van der Waals surface area contributed by atoms with E-state index in [0.717, 1.165) is 12.3 Å². The summed E-state index contributed by atoms with van der Waals surface area (Å²) in [6, 6.07) is 2.83. The lowest BCUT2D eigenvalue weighted by Crippen LogP contribution is -2.15. The molecule has 1 aromatic carbocycles. The van der Waals surface area contributed by atoms with Gasteiger partial charge >= 0.3 is 6.18 Å². The van der Waals surface area contributed by atoms with Crippen molar-refractivity contribution in [2.24, 2.45) is 0 Å². The Kier molecular flexibility index (Phi) is 3.04. The molecule has 0 heterocycles. The molecular formula is C8H9F3N2O2S. The Labute approximate surface area is 90.3 Å². The summed E-state index contributed by atoms with van der Waals surface area (Å²) in [5, 5.41) is 0. The minimum absolute atomic E-state index is 0.0913. The van der Waals surface area contributed by atoms with E-state index in [1.165, 1.54) is 6.07 Å². The molecule has 0 spiro atoms.